The fraction of sp³-hybridized carbons (Fsp3) is 0.111. The highest BCUT2D eigenvalue weighted by atomic mass is 79.9. The maximum absolute atomic E-state index is 12.0. The van der Waals surface area contributed by atoms with Crippen molar-refractivity contribution in [2.75, 3.05) is 11.6 Å². The molecule has 3 aromatic rings. The lowest BCUT2D eigenvalue weighted by Crippen LogP contribution is -3.00. The molecule has 142 valence electrons. The Morgan fingerprint density at radius 2 is 1.78 bits per heavy atom. The van der Waals surface area contributed by atoms with Crippen molar-refractivity contribution in [3.63, 3.8) is 0 Å². The van der Waals surface area contributed by atoms with Gasteiger partial charge in [-0.15, -0.1) is 4.57 Å². The quantitative estimate of drug-likeness (QED) is 0.463. The number of benzene rings is 2. The Morgan fingerprint density at radius 3 is 2.48 bits per heavy atom. The van der Waals surface area contributed by atoms with Gasteiger partial charge in [-0.2, -0.15) is 0 Å². The Hall–Kier alpha value is -2.65. The van der Waals surface area contributed by atoms with Crippen LogP contribution in [0.4, 0.5) is 5.69 Å². The molecule has 1 heterocycles. The van der Waals surface area contributed by atoms with E-state index in [-0.39, 0.29) is 23.5 Å². The fourth-order valence-electron chi connectivity index (χ4n) is 2.47. The van der Waals surface area contributed by atoms with Crippen LogP contribution in [0.15, 0.2) is 65.2 Å². The number of nitrogens with zero attached hydrogens (tertiary/aromatic N) is 1. The van der Waals surface area contributed by atoms with Gasteiger partial charge in [-0.3, -0.25) is 4.79 Å². The van der Waals surface area contributed by atoms with Crippen LogP contribution in [0, 0.1) is 0 Å². The first-order valence-corrected chi connectivity index (χ1v) is 9.72. The zero-order valence-corrected chi connectivity index (χ0v) is 16.8. The van der Waals surface area contributed by atoms with Crippen LogP contribution in [0.2, 0.25) is 0 Å². The number of amides is 1. The van der Waals surface area contributed by atoms with Gasteiger partial charge in [-0.1, -0.05) is 30.3 Å². The third-order valence-corrected chi connectivity index (χ3v) is 4.09. The molecular formula is C18H18BrN3O4S. The maximum atomic E-state index is 12.0. The van der Waals surface area contributed by atoms with Crippen molar-refractivity contribution in [2.24, 2.45) is 0 Å². The van der Waals surface area contributed by atoms with E-state index in [1.807, 2.05) is 47.2 Å². The molecular weight excluding hydrogens is 434 g/mol. The first-order valence-electron chi connectivity index (χ1n) is 7.82. The fourth-order valence-corrected chi connectivity index (χ4v) is 2.94. The summed E-state index contributed by atoms with van der Waals surface area (Å²) in [4.78, 5) is 12.0. The van der Waals surface area contributed by atoms with Gasteiger partial charge in [-0.05, 0) is 18.2 Å². The smallest absolute Gasteiger partial charge is 0.376 e. The number of oxazole rings is 1. The van der Waals surface area contributed by atoms with E-state index in [0.29, 0.717) is 17.0 Å². The van der Waals surface area contributed by atoms with Gasteiger partial charge in [0.15, 0.2) is 0 Å². The second-order valence-corrected chi connectivity index (χ2v) is 7.38. The number of nitrogens with one attached hydrogen (secondary N) is 2. The highest BCUT2D eigenvalue weighted by Gasteiger charge is 2.24. The average molecular weight is 452 g/mol. The number of para-hydroxylation sites is 3. The van der Waals surface area contributed by atoms with E-state index >= 15 is 0 Å². The minimum atomic E-state index is -3.62. The van der Waals surface area contributed by atoms with Crippen LogP contribution in [0.5, 0.6) is 0 Å². The van der Waals surface area contributed by atoms with Crippen molar-refractivity contribution < 1.29 is 39.2 Å². The Morgan fingerprint density at radius 1 is 1.11 bits per heavy atom. The molecule has 7 nitrogen and oxygen atoms in total. The molecule has 0 unspecified atom stereocenters. The summed E-state index contributed by atoms with van der Waals surface area (Å²) in [6, 6.07) is 16.8. The minimum Gasteiger partial charge on any atom is -1.00 e. The van der Waals surface area contributed by atoms with Gasteiger partial charge >= 0.3 is 5.89 Å². The van der Waals surface area contributed by atoms with Crippen molar-refractivity contribution in [1.29, 1.82) is 0 Å². The molecule has 27 heavy (non-hydrogen) atoms. The van der Waals surface area contributed by atoms with Gasteiger partial charge in [-0.25, -0.2) is 13.1 Å². The maximum Gasteiger partial charge on any atom is 0.376 e. The van der Waals surface area contributed by atoms with Crippen LogP contribution in [0.3, 0.4) is 0 Å². The summed E-state index contributed by atoms with van der Waals surface area (Å²) in [5.74, 6) is -0.229. The van der Waals surface area contributed by atoms with Gasteiger partial charge in [0.05, 0.1) is 12.3 Å². The van der Waals surface area contributed by atoms with Gasteiger partial charge in [0, 0.05) is 18.0 Å². The predicted octanol–water partition coefficient (Wildman–Crippen LogP) is -1.12. The van der Waals surface area contributed by atoms with Crippen LogP contribution < -0.4 is 31.6 Å². The molecule has 0 saturated carbocycles. The lowest BCUT2D eigenvalue weighted by molar-refractivity contribution is -0.665. The average Bonchev–Trinajstić information content (AvgIpc) is 2.92. The zero-order valence-electron chi connectivity index (χ0n) is 14.4. The topological polar surface area (TPSA) is 92.3 Å². The first-order chi connectivity index (χ1) is 12.4. The molecule has 3 rings (SSSR count). The van der Waals surface area contributed by atoms with E-state index in [9.17, 15) is 13.2 Å². The summed E-state index contributed by atoms with van der Waals surface area (Å²) >= 11 is 0. The molecule has 0 fully saturated rings. The van der Waals surface area contributed by atoms with Crippen molar-refractivity contribution in [3.8, 4) is 0 Å². The summed E-state index contributed by atoms with van der Waals surface area (Å²) in [5.41, 5.74) is 2.19. The van der Waals surface area contributed by atoms with Gasteiger partial charge in [0.25, 0.3) is 11.4 Å². The highest BCUT2D eigenvalue weighted by Crippen LogP contribution is 2.14. The lowest BCUT2D eigenvalue weighted by Gasteiger charge is -1.99. The lowest BCUT2D eigenvalue weighted by atomic mass is 10.3. The largest absolute Gasteiger partial charge is 1.00 e. The first kappa shape index (κ1) is 20.7. The molecule has 0 radical (unpaired) electrons. The summed E-state index contributed by atoms with van der Waals surface area (Å²) in [5, 5.41) is 3.11. The molecule has 0 aliphatic heterocycles. The number of carbonyl (C=O) groups excluding carboxylic acids is 1. The van der Waals surface area contributed by atoms with E-state index in [1.165, 1.54) is 0 Å². The number of halogens is 1. The number of carbonyl (C=O) groups is 1. The van der Waals surface area contributed by atoms with Gasteiger partial charge in [0.2, 0.25) is 22.2 Å². The normalized spacial score (nSPS) is 11.3. The molecule has 2 N–H and O–H groups in total. The molecule has 0 spiro atoms. The molecule has 0 aliphatic carbocycles. The third kappa shape index (κ3) is 5.66. The standard InChI is InChI=1S/C18H17N3O4S.BrH/c1-26(23,24)20-17(22)13-21-15-9-5-6-10-16(15)25-18(21)11-12-19-14-7-3-2-4-8-14;/h2-12H,13H2,1H3,(H,20,22);1H. The molecule has 1 amide bonds. The highest BCUT2D eigenvalue weighted by molar-refractivity contribution is 7.89. The van der Waals surface area contributed by atoms with Crippen molar-refractivity contribution >= 4 is 38.8 Å². The zero-order chi connectivity index (χ0) is 18.6. The Kier molecular flexibility index (Phi) is 6.75. The number of hydrogen-bond acceptors (Lipinski definition) is 5. The molecule has 9 heteroatoms. The van der Waals surface area contributed by atoms with E-state index in [1.54, 1.807) is 29.0 Å². The van der Waals surface area contributed by atoms with Crippen LogP contribution in [-0.4, -0.2) is 20.6 Å². The Bertz CT molecular complexity index is 1060. The van der Waals surface area contributed by atoms with Gasteiger partial charge < -0.3 is 26.7 Å². The second-order valence-electron chi connectivity index (χ2n) is 5.64. The summed E-state index contributed by atoms with van der Waals surface area (Å²) in [7, 11) is -3.62. The molecule has 0 bridgehead atoms. The predicted molar refractivity (Wildman–Crippen MR) is 98.5 cm³/mol. The molecule has 2 aromatic carbocycles. The minimum absolute atomic E-state index is 0. The number of anilines is 1. The van der Waals surface area contributed by atoms with Crippen LogP contribution in [0.1, 0.15) is 5.89 Å². The van der Waals surface area contributed by atoms with E-state index in [4.69, 9.17) is 4.42 Å². The van der Waals surface area contributed by atoms with Crippen LogP contribution in [0.25, 0.3) is 17.2 Å². The summed E-state index contributed by atoms with van der Waals surface area (Å²) in [6.45, 7) is -0.185. The molecule has 0 aliphatic rings. The monoisotopic (exact) mass is 451 g/mol. The van der Waals surface area contributed by atoms with Crippen molar-refractivity contribution in [1.82, 2.24) is 4.72 Å². The van der Waals surface area contributed by atoms with Crippen molar-refractivity contribution in [2.45, 2.75) is 6.54 Å². The second kappa shape index (κ2) is 8.83. The van der Waals surface area contributed by atoms with Crippen molar-refractivity contribution in [3.05, 3.63) is 66.7 Å². The number of sulfonamides is 1. The number of aromatic nitrogens is 1. The molecule has 0 atom stereocenters. The Labute approximate surface area is 167 Å². The van der Waals surface area contributed by atoms with E-state index < -0.39 is 15.9 Å². The molecule has 0 saturated heterocycles. The number of rotatable bonds is 6. The third-order valence-electron chi connectivity index (χ3n) is 3.49. The molecule has 1 aromatic heterocycles. The van der Waals surface area contributed by atoms with Crippen LogP contribution in [-0.2, 0) is 21.4 Å². The summed E-state index contributed by atoms with van der Waals surface area (Å²) < 4.78 is 31.9. The van der Waals surface area contributed by atoms with Gasteiger partial charge in [0.1, 0.15) is 0 Å². The number of fused-ring (bicyclic) bond motifs is 1. The summed E-state index contributed by atoms with van der Waals surface area (Å²) in [6.07, 6.45) is 4.31. The SMILES string of the molecule is CS(=O)(=O)NC(=O)C[n+]1c(C=CNc2ccccc2)oc2ccccc21.[Br-]. The Balaban J connectivity index is 0.00000261. The van der Waals surface area contributed by atoms with Crippen LogP contribution >= 0.6 is 0 Å². The van der Waals surface area contributed by atoms with E-state index in [0.717, 1.165) is 11.9 Å². The number of hydrogen-bond donors (Lipinski definition) is 2. The van der Waals surface area contributed by atoms with E-state index in [2.05, 4.69) is 5.32 Å².